The molecule has 0 spiro atoms. The van der Waals surface area contributed by atoms with Crippen LogP contribution in [0, 0.1) is 6.92 Å². The van der Waals surface area contributed by atoms with Gasteiger partial charge in [0.15, 0.2) is 11.5 Å². The zero-order valence-electron chi connectivity index (χ0n) is 15.2. The van der Waals surface area contributed by atoms with E-state index in [1.165, 1.54) is 17.2 Å². The van der Waals surface area contributed by atoms with Crippen LogP contribution >= 0.6 is 0 Å². The van der Waals surface area contributed by atoms with Crippen LogP contribution in [0.3, 0.4) is 0 Å². The zero-order valence-corrected chi connectivity index (χ0v) is 15.2. The van der Waals surface area contributed by atoms with E-state index < -0.39 is 5.95 Å². The number of phenolic OH excluding ortho intramolecular Hbond substituents is 2. The lowest BCUT2D eigenvalue weighted by molar-refractivity contribution is 0.195. The lowest BCUT2D eigenvalue weighted by Crippen LogP contribution is -1.98. The van der Waals surface area contributed by atoms with E-state index in [4.69, 9.17) is 0 Å². The number of aromatic hydroxyl groups is 2. The number of para-hydroxylation sites is 1. The molecule has 5 rings (SSSR count). The third-order valence-electron chi connectivity index (χ3n) is 5.75. The zero-order chi connectivity index (χ0) is 19.6. The number of benzene rings is 3. The first-order valence-corrected chi connectivity index (χ1v) is 9.08. The van der Waals surface area contributed by atoms with Gasteiger partial charge in [0.1, 0.15) is 0 Å². The highest BCUT2D eigenvalue weighted by molar-refractivity contribution is 6.26. The van der Waals surface area contributed by atoms with Gasteiger partial charge in [-0.1, -0.05) is 48.5 Å². The number of hydrogen-bond donors (Lipinski definition) is 4. The normalized spacial score (nSPS) is 14.1. The van der Waals surface area contributed by atoms with Gasteiger partial charge in [-0.2, -0.15) is 0 Å². The summed E-state index contributed by atoms with van der Waals surface area (Å²) in [6.45, 7) is 2.06. The summed E-state index contributed by atoms with van der Waals surface area (Å²) >= 11 is 0. The van der Waals surface area contributed by atoms with Crippen LogP contribution in [0.5, 0.6) is 11.5 Å². The van der Waals surface area contributed by atoms with Crippen molar-refractivity contribution in [1.82, 2.24) is 0 Å². The molecule has 2 aliphatic carbocycles. The summed E-state index contributed by atoms with van der Waals surface area (Å²) in [5, 5.41) is 40.8. The fraction of sp³-hybridized carbons (Fsp3) is 0.0833. The third kappa shape index (κ3) is 2.06. The van der Waals surface area contributed by atoms with Crippen LogP contribution in [-0.2, 0) is 6.42 Å². The van der Waals surface area contributed by atoms with Crippen molar-refractivity contribution in [3.05, 3.63) is 88.4 Å². The molecular weight excluding hydrogens is 352 g/mol. The maximum atomic E-state index is 10.4. The van der Waals surface area contributed by atoms with E-state index in [0.29, 0.717) is 22.3 Å². The number of phenols is 2. The maximum Gasteiger partial charge on any atom is 0.283 e. The smallest absolute Gasteiger partial charge is 0.283 e. The lowest BCUT2D eigenvalue weighted by atomic mass is 9.88. The number of aliphatic hydroxyl groups excluding tert-OH is 1. The molecule has 0 aliphatic heterocycles. The second-order valence-electron chi connectivity index (χ2n) is 7.23. The van der Waals surface area contributed by atoms with Crippen molar-refractivity contribution in [2.24, 2.45) is 0 Å². The van der Waals surface area contributed by atoms with E-state index in [-0.39, 0.29) is 11.5 Å². The summed E-state index contributed by atoms with van der Waals surface area (Å²) < 4.78 is 0. The van der Waals surface area contributed by atoms with Gasteiger partial charge in [-0.15, -0.1) is 0 Å². The first-order chi connectivity index (χ1) is 13.5. The molecule has 3 aromatic rings. The van der Waals surface area contributed by atoms with Gasteiger partial charge in [-0.05, 0) is 52.8 Å². The lowest BCUT2D eigenvalue weighted by Gasteiger charge is -2.16. The average Bonchev–Trinajstić information content (AvgIpc) is 3.20. The molecule has 0 heterocycles. The SMILES string of the molecule is Cc1cccc2c1CC1=C2C(=C(O)O)c2c1cccc2-c1cccc(O)c1O. The van der Waals surface area contributed by atoms with E-state index in [0.717, 1.165) is 28.7 Å². The Morgan fingerprint density at radius 2 is 1.43 bits per heavy atom. The highest BCUT2D eigenvalue weighted by Gasteiger charge is 2.38. The Balaban J connectivity index is 1.81. The Labute approximate surface area is 162 Å². The molecule has 3 aromatic carbocycles. The molecule has 138 valence electrons. The first kappa shape index (κ1) is 16.5. The summed E-state index contributed by atoms with van der Waals surface area (Å²) in [5.41, 5.74) is 8.31. The molecular formula is C24H18O4. The van der Waals surface area contributed by atoms with Gasteiger partial charge in [-0.3, -0.25) is 0 Å². The van der Waals surface area contributed by atoms with E-state index in [1.807, 2.05) is 30.3 Å². The van der Waals surface area contributed by atoms with Crippen LogP contribution in [0.25, 0.3) is 27.8 Å². The van der Waals surface area contributed by atoms with Gasteiger partial charge in [0.2, 0.25) is 0 Å². The second-order valence-corrected chi connectivity index (χ2v) is 7.23. The van der Waals surface area contributed by atoms with E-state index in [9.17, 15) is 20.4 Å². The molecule has 0 saturated heterocycles. The number of fused-ring (bicyclic) bond motifs is 4. The largest absolute Gasteiger partial charge is 0.504 e. The minimum absolute atomic E-state index is 0.215. The molecule has 0 amide bonds. The number of hydrogen-bond acceptors (Lipinski definition) is 4. The van der Waals surface area contributed by atoms with Crippen molar-refractivity contribution < 1.29 is 20.4 Å². The van der Waals surface area contributed by atoms with Crippen molar-refractivity contribution in [1.29, 1.82) is 0 Å². The van der Waals surface area contributed by atoms with Gasteiger partial charge < -0.3 is 20.4 Å². The van der Waals surface area contributed by atoms with E-state index in [2.05, 4.69) is 13.0 Å². The second kappa shape index (κ2) is 5.67. The van der Waals surface area contributed by atoms with Gasteiger partial charge in [0, 0.05) is 16.7 Å². The molecule has 2 aliphatic rings. The van der Waals surface area contributed by atoms with Crippen LogP contribution in [0.15, 0.2) is 60.5 Å². The van der Waals surface area contributed by atoms with Crippen molar-refractivity contribution in [3.8, 4) is 22.6 Å². The summed E-state index contributed by atoms with van der Waals surface area (Å²) in [7, 11) is 0. The van der Waals surface area contributed by atoms with Crippen molar-refractivity contribution in [2.75, 3.05) is 0 Å². The van der Waals surface area contributed by atoms with Crippen LogP contribution in [0.2, 0.25) is 0 Å². The molecule has 0 fully saturated rings. The molecule has 4 N–H and O–H groups in total. The Hall–Kier alpha value is -3.66. The van der Waals surface area contributed by atoms with Gasteiger partial charge in [0.05, 0.1) is 5.57 Å². The van der Waals surface area contributed by atoms with E-state index in [1.54, 1.807) is 12.1 Å². The van der Waals surface area contributed by atoms with Crippen LogP contribution in [0.4, 0.5) is 0 Å². The van der Waals surface area contributed by atoms with Crippen molar-refractivity contribution >= 4 is 16.7 Å². The number of allylic oxidation sites excluding steroid dienone is 3. The van der Waals surface area contributed by atoms with Gasteiger partial charge >= 0.3 is 0 Å². The molecule has 0 bridgehead atoms. The number of rotatable bonds is 1. The quantitative estimate of drug-likeness (QED) is 0.344. The average molecular weight is 370 g/mol. The first-order valence-electron chi connectivity index (χ1n) is 9.08. The van der Waals surface area contributed by atoms with Crippen LogP contribution < -0.4 is 0 Å². The topological polar surface area (TPSA) is 80.9 Å². The highest BCUT2D eigenvalue weighted by Crippen LogP contribution is 2.56. The monoisotopic (exact) mass is 370 g/mol. The Bertz CT molecular complexity index is 1230. The van der Waals surface area contributed by atoms with E-state index >= 15 is 0 Å². The number of aryl methyl sites for hydroxylation is 1. The minimum atomic E-state index is -0.743. The summed E-state index contributed by atoms with van der Waals surface area (Å²) in [6, 6.07) is 16.5. The minimum Gasteiger partial charge on any atom is -0.504 e. The molecule has 4 nitrogen and oxygen atoms in total. The summed E-state index contributed by atoms with van der Waals surface area (Å²) in [4.78, 5) is 0. The third-order valence-corrected chi connectivity index (χ3v) is 5.75. The van der Waals surface area contributed by atoms with Crippen LogP contribution in [-0.4, -0.2) is 20.4 Å². The van der Waals surface area contributed by atoms with Crippen molar-refractivity contribution in [3.63, 3.8) is 0 Å². The molecule has 0 aromatic heterocycles. The van der Waals surface area contributed by atoms with Gasteiger partial charge in [0.25, 0.3) is 5.95 Å². The fourth-order valence-electron chi connectivity index (χ4n) is 4.51. The predicted octanol–water partition coefficient (Wildman–Crippen LogP) is 5.34. The molecule has 28 heavy (non-hydrogen) atoms. The Morgan fingerprint density at radius 3 is 2.21 bits per heavy atom. The summed E-state index contributed by atoms with van der Waals surface area (Å²) in [6.07, 6.45) is 0.719. The Kier molecular flexibility index (Phi) is 3.34. The standard InChI is InChI=1S/C24H18O4/c1-12-5-2-6-14-17(12)11-18-15-8-3-7-13(16-9-4-10-19(25)23(16)26)20(15)22(21(14)18)24(27)28/h2-10,25-28H,11H2,1H3. The van der Waals surface area contributed by atoms with Crippen molar-refractivity contribution in [2.45, 2.75) is 13.3 Å². The van der Waals surface area contributed by atoms with Crippen LogP contribution in [0.1, 0.15) is 27.8 Å². The fourth-order valence-corrected chi connectivity index (χ4v) is 4.51. The predicted molar refractivity (Wildman–Crippen MR) is 109 cm³/mol. The molecule has 4 heteroatoms. The molecule has 0 saturated carbocycles. The highest BCUT2D eigenvalue weighted by atomic mass is 16.5. The Morgan fingerprint density at radius 1 is 0.786 bits per heavy atom. The maximum absolute atomic E-state index is 10.4. The van der Waals surface area contributed by atoms with Gasteiger partial charge in [-0.25, -0.2) is 0 Å². The molecule has 0 radical (unpaired) electrons. The summed E-state index contributed by atoms with van der Waals surface area (Å²) in [5.74, 6) is -1.18. The molecule has 0 atom stereocenters. The number of aliphatic hydroxyl groups is 2. The molecule has 0 unspecified atom stereocenters.